The molecule has 3 aromatic rings. The van der Waals surface area contributed by atoms with E-state index in [2.05, 4.69) is 9.97 Å². The number of benzene rings is 1. The SMILES string of the molecule is Cc1ccc(/C(O)=C2/C(=O)C(=O)N(Cc3cccnc3)C2c2cccnc2)cc1C. The number of ketones is 1. The first-order chi connectivity index (χ1) is 14.5. The number of hydrogen-bond donors (Lipinski definition) is 1. The Labute approximate surface area is 174 Å². The van der Waals surface area contributed by atoms with Crippen LogP contribution in [-0.4, -0.2) is 31.7 Å². The Hall–Kier alpha value is -3.80. The number of amides is 1. The van der Waals surface area contributed by atoms with E-state index in [4.69, 9.17) is 0 Å². The predicted octanol–water partition coefficient (Wildman–Crippen LogP) is 3.72. The summed E-state index contributed by atoms with van der Waals surface area (Å²) in [7, 11) is 0. The molecule has 4 rings (SSSR count). The van der Waals surface area contributed by atoms with Gasteiger partial charge in [0.2, 0.25) is 0 Å². The van der Waals surface area contributed by atoms with Crippen LogP contribution in [0.25, 0.3) is 5.76 Å². The van der Waals surface area contributed by atoms with Crippen LogP contribution in [0.2, 0.25) is 0 Å². The topological polar surface area (TPSA) is 83.4 Å². The van der Waals surface area contributed by atoms with Gasteiger partial charge in [-0.1, -0.05) is 24.3 Å². The molecule has 1 aliphatic heterocycles. The molecule has 6 heteroatoms. The van der Waals surface area contributed by atoms with Gasteiger partial charge in [0.15, 0.2) is 0 Å². The number of Topliss-reactive ketones (excluding diaryl/α,β-unsaturated/α-hetero) is 1. The van der Waals surface area contributed by atoms with Crippen molar-refractivity contribution in [2.45, 2.75) is 26.4 Å². The number of likely N-dealkylation sites (tertiary alicyclic amines) is 1. The van der Waals surface area contributed by atoms with Crippen LogP contribution < -0.4 is 0 Å². The van der Waals surface area contributed by atoms with Crippen molar-refractivity contribution >= 4 is 17.4 Å². The minimum Gasteiger partial charge on any atom is -0.507 e. The third kappa shape index (κ3) is 3.48. The van der Waals surface area contributed by atoms with Gasteiger partial charge < -0.3 is 10.0 Å². The number of hydrogen-bond acceptors (Lipinski definition) is 5. The molecule has 0 spiro atoms. The number of aliphatic hydroxyl groups is 1. The summed E-state index contributed by atoms with van der Waals surface area (Å²) in [5.74, 6) is -1.54. The van der Waals surface area contributed by atoms with Gasteiger partial charge in [-0.3, -0.25) is 19.6 Å². The standard InChI is InChI=1S/C24H21N3O3/c1-15-7-8-18(11-16(15)2)22(28)20-21(19-6-4-10-26-13-19)27(24(30)23(20)29)14-17-5-3-9-25-12-17/h3-13,21,28H,14H2,1-2H3/b22-20-. The summed E-state index contributed by atoms with van der Waals surface area (Å²) in [4.78, 5) is 35.7. The van der Waals surface area contributed by atoms with Gasteiger partial charge in [-0.05, 0) is 54.3 Å². The zero-order valence-corrected chi connectivity index (χ0v) is 16.7. The molecule has 1 aromatic carbocycles. The van der Waals surface area contributed by atoms with Crippen molar-refractivity contribution in [3.63, 3.8) is 0 Å². The summed E-state index contributed by atoms with van der Waals surface area (Å²) >= 11 is 0. The van der Waals surface area contributed by atoms with Gasteiger partial charge >= 0.3 is 0 Å². The summed E-state index contributed by atoms with van der Waals surface area (Å²) in [5.41, 5.74) is 4.09. The lowest BCUT2D eigenvalue weighted by atomic mass is 9.95. The van der Waals surface area contributed by atoms with Gasteiger partial charge in [-0.2, -0.15) is 0 Å². The number of aromatic nitrogens is 2. The molecule has 1 amide bonds. The van der Waals surface area contributed by atoms with Crippen LogP contribution in [0.4, 0.5) is 0 Å². The van der Waals surface area contributed by atoms with Crippen molar-refractivity contribution < 1.29 is 14.7 Å². The molecule has 30 heavy (non-hydrogen) atoms. The molecule has 1 aliphatic rings. The van der Waals surface area contributed by atoms with E-state index in [0.29, 0.717) is 11.1 Å². The van der Waals surface area contributed by atoms with Gasteiger partial charge in [0.1, 0.15) is 5.76 Å². The first kappa shape index (κ1) is 19.5. The maximum atomic E-state index is 13.0. The molecule has 3 heterocycles. The van der Waals surface area contributed by atoms with Crippen molar-refractivity contribution in [1.82, 2.24) is 14.9 Å². The fraction of sp³-hybridized carbons (Fsp3) is 0.167. The molecule has 0 aliphatic carbocycles. The highest BCUT2D eigenvalue weighted by molar-refractivity contribution is 6.46. The summed E-state index contributed by atoms with van der Waals surface area (Å²) in [6.45, 7) is 4.11. The van der Waals surface area contributed by atoms with E-state index in [1.165, 1.54) is 4.90 Å². The lowest BCUT2D eigenvalue weighted by molar-refractivity contribution is -0.140. The Balaban J connectivity index is 1.86. The minimum atomic E-state index is -0.736. The molecule has 1 unspecified atom stereocenters. The molecule has 6 nitrogen and oxygen atoms in total. The largest absolute Gasteiger partial charge is 0.507 e. The maximum absolute atomic E-state index is 13.0. The van der Waals surface area contributed by atoms with Crippen LogP contribution in [-0.2, 0) is 16.1 Å². The number of carbonyl (C=O) groups excluding carboxylic acids is 2. The smallest absolute Gasteiger partial charge is 0.295 e. The molecule has 150 valence electrons. The molecule has 1 fully saturated rings. The molecule has 2 aromatic heterocycles. The lowest BCUT2D eigenvalue weighted by Gasteiger charge is -2.25. The fourth-order valence-electron chi connectivity index (χ4n) is 3.66. The van der Waals surface area contributed by atoms with Gasteiger partial charge in [0.05, 0.1) is 11.6 Å². The molecular weight excluding hydrogens is 378 g/mol. The van der Waals surface area contributed by atoms with Gasteiger partial charge in [-0.15, -0.1) is 0 Å². The van der Waals surface area contributed by atoms with Crippen molar-refractivity contribution in [2.24, 2.45) is 0 Å². The van der Waals surface area contributed by atoms with Crippen molar-refractivity contribution in [2.75, 3.05) is 0 Å². The Kier molecular flexibility index (Phi) is 5.14. The van der Waals surface area contributed by atoms with Crippen LogP contribution in [0.5, 0.6) is 0 Å². The monoisotopic (exact) mass is 399 g/mol. The van der Waals surface area contributed by atoms with E-state index in [-0.39, 0.29) is 17.9 Å². The third-order valence-electron chi connectivity index (χ3n) is 5.40. The second-order valence-corrected chi connectivity index (χ2v) is 7.37. The first-order valence-electron chi connectivity index (χ1n) is 9.62. The minimum absolute atomic E-state index is 0.0696. The highest BCUT2D eigenvalue weighted by Crippen LogP contribution is 2.40. The molecule has 1 saturated heterocycles. The molecule has 0 radical (unpaired) electrons. The molecule has 0 saturated carbocycles. The average Bonchev–Trinajstić information content (AvgIpc) is 3.01. The highest BCUT2D eigenvalue weighted by atomic mass is 16.3. The van der Waals surface area contributed by atoms with Crippen LogP contribution in [0, 0.1) is 13.8 Å². The van der Waals surface area contributed by atoms with Gasteiger partial charge in [0.25, 0.3) is 11.7 Å². The van der Waals surface area contributed by atoms with E-state index < -0.39 is 17.7 Å². The van der Waals surface area contributed by atoms with E-state index in [1.54, 1.807) is 49.1 Å². The summed E-state index contributed by atoms with van der Waals surface area (Å²) in [6, 6.07) is 11.9. The lowest BCUT2D eigenvalue weighted by Crippen LogP contribution is -2.29. The van der Waals surface area contributed by atoms with Crippen LogP contribution in [0.15, 0.2) is 72.8 Å². The Morgan fingerprint density at radius 1 is 1.00 bits per heavy atom. The molecular formula is C24H21N3O3. The van der Waals surface area contributed by atoms with Crippen molar-refractivity contribution in [3.8, 4) is 0 Å². The predicted molar refractivity (Wildman–Crippen MR) is 112 cm³/mol. The summed E-state index contributed by atoms with van der Waals surface area (Å²) in [5, 5.41) is 11.1. The quantitative estimate of drug-likeness (QED) is 0.411. The first-order valence-corrected chi connectivity index (χ1v) is 9.62. The van der Waals surface area contributed by atoms with Crippen LogP contribution >= 0.6 is 0 Å². The van der Waals surface area contributed by atoms with E-state index in [1.807, 2.05) is 32.0 Å². The maximum Gasteiger partial charge on any atom is 0.295 e. The summed E-state index contributed by atoms with van der Waals surface area (Å²) in [6.07, 6.45) is 6.54. The Morgan fingerprint density at radius 3 is 2.37 bits per heavy atom. The van der Waals surface area contributed by atoms with E-state index in [0.717, 1.165) is 16.7 Å². The number of nitrogens with zero attached hydrogens (tertiary/aromatic N) is 3. The zero-order chi connectivity index (χ0) is 21.3. The molecule has 1 atom stereocenters. The van der Waals surface area contributed by atoms with Crippen molar-refractivity contribution in [3.05, 3.63) is 101 Å². The number of carbonyl (C=O) groups is 2. The number of rotatable bonds is 4. The Bertz CT molecular complexity index is 1140. The second-order valence-electron chi connectivity index (χ2n) is 7.37. The summed E-state index contributed by atoms with van der Waals surface area (Å²) < 4.78 is 0. The van der Waals surface area contributed by atoms with Crippen molar-refractivity contribution in [1.29, 1.82) is 0 Å². The van der Waals surface area contributed by atoms with Crippen LogP contribution in [0.3, 0.4) is 0 Å². The third-order valence-corrected chi connectivity index (χ3v) is 5.40. The van der Waals surface area contributed by atoms with E-state index >= 15 is 0 Å². The Morgan fingerprint density at radius 2 is 1.73 bits per heavy atom. The molecule has 1 N–H and O–H groups in total. The fourth-order valence-corrected chi connectivity index (χ4v) is 3.66. The van der Waals surface area contributed by atoms with E-state index in [9.17, 15) is 14.7 Å². The van der Waals surface area contributed by atoms with Gasteiger partial charge in [-0.25, -0.2) is 0 Å². The van der Waals surface area contributed by atoms with Gasteiger partial charge in [0, 0.05) is 36.9 Å². The molecule has 0 bridgehead atoms. The average molecular weight is 399 g/mol. The number of aliphatic hydroxyl groups excluding tert-OH is 1. The second kappa shape index (κ2) is 7.91. The van der Waals surface area contributed by atoms with Crippen LogP contribution in [0.1, 0.15) is 33.9 Å². The number of pyridine rings is 2. The highest BCUT2D eigenvalue weighted by Gasteiger charge is 2.46. The number of aryl methyl sites for hydroxylation is 2. The zero-order valence-electron chi connectivity index (χ0n) is 16.7. The normalized spacial score (nSPS) is 18.1.